The summed E-state index contributed by atoms with van der Waals surface area (Å²) in [5.41, 5.74) is 16.9. The van der Waals surface area contributed by atoms with Gasteiger partial charge in [-0.05, 0) is 100 Å². The van der Waals surface area contributed by atoms with Crippen molar-refractivity contribution in [2.24, 2.45) is 5.92 Å². The number of hydrogen-bond acceptors (Lipinski definition) is 0. The quantitative estimate of drug-likeness (QED) is 0.187. The van der Waals surface area contributed by atoms with Gasteiger partial charge in [0.2, 0.25) is 0 Å². The molecule has 0 aliphatic heterocycles. The van der Waals surface area contributed by atoms with E-state index in [-0.39, 0.29) is 5.41 Å². The van der Waals surface area contributed by atoms with E-state index in [1.165, 1.54) is 88.7 Å². The lowest BCUT2D eigenvalue weighted by atomic mass is 9.82. The van der Waals surface area contributed by atoms with Gasteiger partial charge < -0.3 is 9.13 Å². The Morgan fingerprint density at radius 2 is 1.21 bits per heavy atom. The molecular formula is C46H36N2. The van der Waals surface area contributed by atoms with Crippen LogP contribution in [0.4, 0.5) is 0 Å². The predicted molar refractivity (Wildman–Crippen MR) is 203 cm³/mol. The van der Waals surface area contributed by atoms with Crippen molar-refractivity contribution in [2.45, 2.75) is 32.6 Å². The van der Waals surface area contributed by atoms with Crippen LogP contribution in [0.25, 0.3) is 72.4 Å². The molecule has 2 aliphatic carbocycles. The average Bonchev–Trinajstić information content (AvgIpc) is 3.71. The zero-order valence-corrected chi connectivity index (χ0v) is 27.5. The van der Waals surface area contributed by atoms with Crippen molar-refractivity contribution in [2.75, 3.05) is 0 Å². The molecule has 0 bridgehead atoms. The van der Waals surface area contributed by atoms with Gasteiger partial charge in [0.05, 0.1) is 16.6 Å². The lowest BCUT2D eigenvalue weighted by molar-refractivity contribution is 0.660. The maximum absolute atomic E-state index is 2.47. The number of allylic oxidation sites excluding steroid dienone is 1. The van der Waals surface area contributed by atoms with Crippen molar-refractivity contribution in [3.8, 4) is 33.6 Å². The van der Waals surface area contributed by atoms with Crippen LogP contribution >= 0.6 is 0 Å². The van der Waals surface area contributed by atoms with Gasteiger partial charge in [-0.1, -0.05) is 112 Å². The Bertz CT molecular complexity index is 2630. The molecule has 48 heavy (non-hydrogen) atoms. The van der Waals surface area contributed by atoms with E-state index in [9.17, 15) is 0 Å². The normalized spacial score (nSPS) is 16.0. The molecule has 1 unspecified atom stereocenters. The highest BCUT2D eigenvalue weighted by molar-refractivity contribution is 6.11. The van der Waals surface area contributed by atoms with Crippen LogP contribution in [-0.2, 0) is 11.8 Å². The number of nitrogens with zero attached hydrogens (tertiary/aromatic N) is 2. The highest BCUT2D eigenvalue weighted by Crippen LogP contribution is 2.49. The zero-order chi connectivity index (χ0) is 32.1. The minimum Gasteiger partial charge on any atom is -0.313 e. The molecule has 2 heterocycles. The fourth-order valence-electron chi connectivity index (χ4n) is 8.70. The summed E-state index contributed by atoms with van der Waals surface area (Å²) in [6, 6.07) is 49.7. The fraction of sp³-hybridized carbons (Fsp3) is 0.130. The van der Waals surface area contributed by atoms with Gasteiger partial charge in [-0.3, -0.25) is 0 Å². The maximum atomic E-state index is 2.47. The molecule has 2 aromatic heterocycles. The molecule has 0 spiro atoms. The van der Waals surface area contributed by atoms with Crippen LogP contribution in [0.15, 0.2) is 140 Å². The van der Waals surface area contributed by atoms with Crippen LogP contribution in [0, 0.1) is 5.92 Å². The number of hydrogen-bond donors (Lipinski definition) is 0. The second-order valence-corrected chi connectivity index (χ2v) is 14.3. The van der Waals surface area contributed by atoms with Crippen molar-refractivity contribution in [3.05, 3.63) is 162 Å². The van der Waals surface area contributed by atoms with Gasteiger partial charge in [0, 0.05) is 44.2 Å². The van der Waals surface area contributed by atoms with Crippen LogP contribution in [-0.4, -0.2) is 9.13 Å². The summed E-state index contributed by atoms with van der Waals surface area (Å²) < 4.78 is 4.93. The number of fused-ring (bicyclic) bond motifs is 9. The van der Waals surface area contributed by atoms with E-state index in [2.05, 4.69) is 176 Å². The molecule has 0 radical (unpaired) electrons. The highest BCUT2D eigenvalue weighted by Gasteiger charge is 2.35. The van der Waals surface area contributed by atoms with Crippen LogP contribution in [0.1, 0.15) is 43.2 Å². The minimum atomic E-state index is -0.0433. The molecule has 2 aliphatic rings. The maximum Gasteiger partial charge on any atom is 0.0541 e. The second-order valence-electron chi connectivity index (χ2n) is 14.3. The first kappa shape index (κ1) is 27.5. The van der Waals surface area contributed by atoms with Crippen LogP contribution in [0.5, 0.6) is 0 Å². The zero-order valence-electron chi connectivity index (χ0n) is 27.5. The summed E-state index contributed by atoms with van der Waals surface area (Å²) in [6.45, 7) is 7.03. The molecule has 1 atom stereocenters. The Morgan fingerprint density at radius 1 is 0.542 bits per heavy atom. The number of aromatic nitrogens is 2. The molecule has 0 fully saturated rings. The van der Waals surface area contributed by atoms with E-state index in [0.29, 0.717) is 5.92 Å². The second kappa shape index (κ2) is 9.95. The third-order valence-electron chi connectivity index (χ3n) is 11.1. The van der Waals surface area contributed by atoms with Gasteiger partial charge in [0.25, 0.3) is 0 Å². The average molecular weight is 617 g/mol. The van der Waals surface area contributed by atoms with Crippen molar-refractivity contribution in [3.63, 3.8) is 0 Å². The van der Waals surface area contributed by atoms with Gasteiger partial charge in [0.15, 0.2) is 0 Å². The largest absolute Gasteiger partial charge is 0.313 e. The first-order valence-electron chi connectivity index (χ1n) is 17.2. The molecule has 8 aromatic rings. The third kappa shape index (κ3) is 3.80. The van der Waals surface area contributed by atoms with Gasteiger partial charge >= 0.3 is 0 Å². The lowest BCUT2D eigenvalue weighted by Gasteiger charge is -2.22. The molecule has 0 N–H and O–H groups in total. The summed E-state index contributed by atoms with van der Waals surface area (Å²) in [5.74, 6) is 0.524. The van der Waals surface area contributed by atoms with Crippen molar-refractivity contribution in [1.82, 2.24) is 9.13 Å². The monoisotopic (exact) mass is 616 g/mol. The van der Waals surface area contributed by atoms with E-state index in [1.54, 1.807) is 0 Å². The van der Waals surface area contributed by atoms with E-state index < -0.39 is 0 Å². The van der Waals surface area contributed by atoms with Gasteiger partial charge in [-0.15, -0.1) is 0 Å². The standard InChI is InChI=1S/C46H36N2/c1-29-17-21-37-39-27-31(18-23-43(39)47(45(37)25-29)32-11-5-4-6-12-32)30-19-24-44-38(26-30)36-14-8-10-16-42(36)48(44)33-20-22-35-34-13-7-9-15-40(34)46(2,3)41(35)28-33/h4-24,26-29H,25H2,1-3H3. The molecule has 0 amide bonds. The Kier molecular flexibility index (Phi) is 5.70. The first-order valence-corrected chi connectivity index (χ1v) is 17.2. The van der Waals surface area contributed by atoms with Crippen LogP contribution in [0.2, 0.25) is 0 Å². The summed E-state index contributed by atoms with van der Waals surface area (Å²) in [6.07, 6.45) is 5.76. The SMILES string of the molecule is CC1C=Cc2c(n(-c3ccccc3)c3ccc(-c4ccc5c(c4)c4ccccc4n5-c4ccc5c(c4)C(C)(C)c4ccccc4-5)cc23)C1. The summed E-state index contributed by atoms with van der Waals surface area (Å²) in [4.78, 5) is 0. The van der Waals surface area contributed by atoms with Crippen molar-refractivity contribution >= 4 is 38.8 Å². The predicted octanol–water partition coefficient (Wildman–Crippen LogP) is 11.9. The number of benzene rings is 6. The van der Waals surface area contributed by atoms with E-state index >= 15 is 0 Å². The lowest BCUT2D eigenvalue weighted by Crippen LogP contribution is -2.15. The highest BCUT2D eigenvalue weighted by atomic mass is 15.0. The fourth-order valence-corrected chi connectivity index (χ4v) is 8.70. The Balaban J connectivity index is 1.14. The van der Waals surface area contributed by atoms with Gasteiger partial charge in [-0.2, -0.15) is 0 Å². The minimum absolute atomic E-state index is 0.0433. The number of para-hydroxylation sites is 2. The molecule has 230 valence electrons. The first-order chi connectivity index (χ1) is 23.5. The van der Waals surface area contributed by atoms with Crippen LogP contribution in [0.3, 0.4) is 0 Å². The molecular weight excluding hydrogens is 581 g/mol. The summed E-state index contributed by atoms with van der Waals surface area (Å²) >= 11 is 0. The summed E-state index contributed by atoms with van der Waals surface area (Å²) in [5, 5.41) is 3.88. The Hall–Kier alpha value is -5.60. The molecule has 10 rings (SSSR count). The molecule has 0 saturated carbocycles. The van der Waals surface area contributed by atoms with E-state index in [1.807, 2.05) is 0 Å². The number of rotatable bonds is 3. The molecule has 2 nitrogen and oxygen atoms in total. The van der Waals surface area contributed by atoms with E-state index in [4.69, 9.17) is 0 Å². The Labute approximate surface area is 281 Å². The molecule has 0 saturated heterocycles. The topological polar surface area (TPSA) is 9.86 Å². The smallest absolute Gasteiger partial charge is 0.0541 e. The van der Waals surface area contributed by atoms with E-state index in [0.717, 1.165) is 6.42 Å². The van der Waals surface area contributed by atoms with Crippen molar-refractivity contribution < 1.29 is 0 Å². The van der Waals surface area contributed by atoms with Crippen LogP contribution < -0.4 is 0 Å². The summed E-state index contributed by atoms with van der Waals surface area (Å²) in [7, 11) is 0. The third-order valence-corrected chi connectivity index (χ3v) is 11.1. The Morgan fingerprint density at radius 3 is 2.04 bits per heavy atom. The van der Waals surface area contributed by atoms with Gasteiger partial charge in [-0.25, -0.2) is 0 Å². The van der Waals surface area contributed by atoms with Gasteiger partial charge in [0.1, 0.15) is 0 Å². The molecule has 2 heteroatoms. The molecule has 6 aromatic carbocycles. The van der Waals surface area contributed by atoms with Crippen molar-refractivity contribution in [1.29, 1.82) is 0 Å².